The van der Waals surface area contributed by atoms with Crippen LogP contribution in [0.25, 0.3) is 16.9 Å². The highest BCUT2D eigenvalue weighted by molar-refractivity contribution is 5.88. The average Bonchev–Trinajstić information content (AvgIpc) is 3.70. The van der Waals surface area contributed by atoms with Crippen molar-refractivity contribution in [1.29, 1.82) is 0 Å². The number of imidazole rings is 1. The van der Waals surface area contributed by atoms with Gasteiger partial charge in [0.2, 0.25) is 5.91 Å². The number of anilines is 1. The molecule has 2 N–H and O–H groups in total. The Morgan fingerprint density at radius 1 is 1.00 bits per heavy atom. The van der Waals surface area contributed by atoms with Crippen LogP contribution in [0.3, 0.4) is 0 Å². The number of aromatic nitrogens is 4. The van der Waals surface area contributed by atoms with Crippen LogP contribution in [0.1, 0.15) is 25.3 Å². The summed E-state index contributed by atoms with van der Waals surface area (Å²) in [6.45, 7) is 3.97. The number of benzene rings is 2. The van der Waals surface area contributed by atoms with Crippen molar-refractivity contribution in [3.8, 4) is 17.2 Å². The molecule has 0 saturated carbocycles. The first-order valence-corrected chi connectivity index (χ1v) is 13.3. The molecule has 2 aromatic heterocycles. The highest BCUT2D eigenvalue weighted by Gasteiger charge is 2.31. The number of nitrogens with two attached hydrogens (primary N) is 1. The number of rotatable bonds is 7. The van der Waals surface area contributed by atoms with Crippen molar-refractivity contribution in [1.82, 2.24) is 28.9 Å². The Balaban J connectivity index is 1.25. The van der Waals surface area contributed by atoms with E-state index in [4.69, 9.17) is 10.5 Å². The molecule has 10 nitrogen and oxygen atoms in total. The van der Waals surface area contributed by atoms with Crippen molar-refractivity contribution >= 4 is 22.9 Å². The Bertz CT molecular complexity index is 1550. The lowest BCUT2D eigenvalue weighted by Crippen LogP contribution is -2.31. The third kappa shape index (κ3) is 5.03. The predicted molar refractivity (Wildman–Crippen MR) is 149 cm³/mol. The maximum absolute atomic E-state index is 13.8. The SMILES string of the molecule is Nc1ncnc2c1n(-c1ccc(Oc3ccccc3)cc1)c(=O)n2C1CCN(C(=O)/C=C/CN2CCCC2)C1. The quantitative estimate of drug-likeness (QED) is 0.368. The maximum Gasteiger partial charge on any atom is 0.335 e. The van der Waals surface area contributed by atoms with E-state index < -0.39 is 0 Å². The van der Waals surface area contributed by atoms with Gasteiger partial charge in [-0.05, 0) is 68.8 Å². The summed E-state index contributed by atoms with van der Waals surface area (Å²) in [4.78, 5) is 39.4. The molecule has 2 aromatic carbocycles. The van der Waals surface area contributed by atoms with Crippen LogP contribution < -0.4 is 16.2 Å². The zero-order valence-corrected chi connectivity index (χ0v) is 21.6. The van der Waals surface area contributed by atoms with E-state index in [2.05, 4.69) is 14.9 Å². The molecule has 1 unspecified atom stereocenters. The molecule has 0 bridgehead atoms. The lowest BCUT2D eigenvalue weighted by atomic mass is 10.2. The fraction of sp³-hybridized carbons (Fsp3) is 0.310. The number of likely N-dealkylation sites (tertiary alicyclic amines) is 2. The second-order valence-electron chi connectivity index (χ2n) is 9.96. The van der Waals surface area contributed by atoms with Gasteiger partial charge in [-0.3, -0.25) is 18.8 Å². The molecule has 39 heavy (non-hydrogen) atoms. The topological polar surface area (TPSA) is 112 Å². The van der Waals surface area contributed by atoms with Crippen molar-refractivity contribution in [2.45, 2.75) is 25.3 Å². The molecule has 2 aliphatic heterocycles. The van der Waals surface area contributed by atoms with E-state index in [0.717, 1.165) is 25.4 Å². The highest BCUT2D eigenvalue weighted by Crippen LogP contribution is 2.29. The van der Waals surface area contributed by atoms with Crippen LogP contribution in [0.15, 0.2) is 77.9 Å². The van der Waals surface area contributed by atoms with Crippen molar-refractivity contribution in [3.05, 3.63) is 83.6 Å². The van der Waals surface area contributed by atoms with Crippen LogP contribution in [0.2, 0.25) is 0 Å². The molecule has 1 atom stereocenters. The van der Waals surface area contributed by atoms with E-state index in [1.165, 1.54) is 23.7 Å². The van der Waals surface area contributed by atoms with Crippen LogP contribution in [0.4, 0.5) is 5.82 Å². The highest BCUT2D eigenvalue weighted by atomic mass is 16.5. The molecule has 2 fully saturated rings. The lowest BCUT2D eigenvalue weighted by Gasteiger charge is -2.15. The summed E-state index contributed by atoms with van der Waals surface area (Å²) in [5.41, 5.74) is 7.54. The Morgan fingerprint density at radius 2 is 1.74 bits per heavy atom. The molecule has 0 radical (unpaired) electrons. The van der Waals surface area contributed by atoms with E-state index in [1.54, 1.807) is 15.5 Å². The average molecular weight is 526 g/mol. The Labute approximate surface area is 225 Å². The molecule has 1 amide bonds. The summed E-state index contributed by atoms with van der Waals surface area (Å²) < 4.78 is 9.10. The maximum atomic E-state index is 13.8. The van der Waals surface area contributed by atoms with Gasteiger partial charge in [0.15, 0.2) is 11.5 Å². The standard InChI is InChI=1S/C29H31N7O3/c30-27-26-28(32-20-31-27)36(22-14-18-34(19-22)25(37)9-6-17-33-15-4-5-16-33)29(38)35(26)21-10-12-24(13-11-21)39-23-7-2-1-3-8-23/h1-3,6-13,20,22H,4-5,14-19H2,(H2,30,31,32)/b9-6+. The predicted octanol–water partition coefficient (Wildman–Crippen LogP) is 3.38. The summed E-state index contributed by atoms with van der Waals surface area (Å²) in [7, 11) is 0. The molecule has 4 aromatic rings. The van der Waals surface area contributed by atoms with Crippen LogP contribution in [0, 0.1) is 0 Å². The molecule has 10 heteroatoms. The molecule has 2 saturated heterocycles. The summed E-state index contributed by atoms with van der Waals surface area (Å²) >= 11 is 0. The van der Waals surface area contributed by atoms with Crippen molar-refractivity contribution in [2.24, 2.45) is 0 Å². The monoisotopic (exact) mass is 525 g/mol. The zero-order valence-electron chi connectivity index (χ0n) is 21.6. The number of fused-ring (bicyclic) bond motifs is 1. The smallest absolute Gasteiger partial charge is 0.335 e. The summed E-state index contributed by atoms with van der Waals surface area (Å²) in [5.74, 6) is 1.56. The minimum absolute atomic E-state index is 0.0309. The second kappa shape index (κ2) is 10.7. The molecule has 2 aliphatic rings. The Kier molecular flexibility index (Phi) is 6.85. The number of hydrogen-bond acceptors (Lipinski definition) is 7. The Morgan fingerprint density at radius 3 is 2.51 bits per heavy atom. The Hall–Kier alpha value is -4.44. The van der Waals surface area contributed by atoms with Gasteiger partial charge in [0.05, 0.1) is 11.7 Å². The van der Waals surface area contributed by atoms with Gasteiger partial charge in [-0.25, -0.2) is 14.8 Å². The molecule has 6 rings (SSSR count). The summed E-state index contributed by atoms with van der Waals surface area (Å²) in [6, 6.07) is 16.5. The number of hydrogen-bond donors (Lipinski definition) is 1. The number of carbonyl (C=O) groups excluding carboxylic acids is 1. The number of para-hydroxylation sites is 1. The van der Waals surface area contributed by atoms with Crippen molar-refractivity contribution < 1.29 is 9.53 Å². The van der Waals surface area contributed by atoms with Gasteiger partial charge < -0.3 is 15.4 Å². The number of nitrogen functional groups attached to an aromatic ring is 1. The van der Waals surface area contributed by atoms with E-state index in [0.29, 0.717) is 42.1 Å². The van der Waals surface area contributed by atoms with Gasteiger partial charge in [0.25, 0.3) is 0 Å². The third-order valence-electron chi connectivity index (χ3n) is 7.42. The summed E-state index contributed by atoms with van der Waals surface area (Å²) in [6.07, 6.45) is 8.06. The first kappa shape index (κ1) is 24.9. The fourth-order valence-corrected chi connectivity index (χ4v) is 5.45. The first-order valence-electron chi connectivity index (χ1n) is 13.3. The van der Waals surface area contributed by atoms with Crippen LogP contribution in [-0.4, -0.2) is 67.5 Å². The van der Waals surface area contributed by atoms with E-state index >= 15 is 0 Å². The molecule has 4 heterocycles. The molecule has 0 aliphatic carbocycles. The van der Waals surface area contributed by atoms with E-state index in [9.17, 15) is 9.59 Å². The third-order valence-corrected chi connectivity index (χ3v) is 7.42. The fourth-order valence-electron chi connectivity index (χ4n) is 5.45. The molecule has 0 spiro atoms. The molecular formula is C29H31N7O3. The van der Waals surface area contributed by atoms with Gasteiger partial charge in [0.1, 0.15) is 23.3 Å². The zero-order chi connectivity index (χ0) is 26.8. The summed E-state index contributed by atoms with van der Waals surface area (Å²) in [5, 5.41) is 0. The minimum Gasteiger partial charge on any atom is -0.457 e. The number of ether oxygens (including phenoxy) is 1. The van der Waals surface area contributed by atoms with Crippen LogP contribution in [-0.2, 0) is 4.79 Å². The second-order valence-corrected chi connectivity index (χ2v) is 9.96. The van der Waals surface area contributed by atoms with Crippen LogP contribution >= 0.6 is 0 Å². The van der Waals surface area contributed by atoms with Crippen LogP contribution in [0.5, 0.6) is 11.5 Å². The molecule has 200 valence electrons. The van der Waals surface area contributed by atoms with Gasteiger partial charge in [0, 0.05) is 25.7 Å². The first-order chi connectivity index (χ1) is 19.1. The van der Waals surface area contributed by atoms with Gasteiger partial charge in [-0.15, -0.1) is 0 Å². The van der Waals surface area contributed by atoms with Crippen molar-refractivity contribution in [3.63, 3.8) is 0 Å². The lowest BCUT2D eigenvalue weighted by molar-refractivity contribution is -0.125. The van der Waals surface area contributed by atoms with Crippen molar-refractivity contribution in [2.75, 3.05) is 38.5 Å². The minimum atomic E-state index is -0.266. The largest absolute Gasteiger partial charge is 0.457 e. The van der Waals surface area contributed by atoms with E-state index in [1.807, 2.05) is 60.7 Å². The van der Waals surface area contributed by atoms with E-state index in [-0.39, 0.29) is 23.5 Å². The van der Waals surface area contributed by atoms with Gasteiger partial charge in [-0.1, -0.05) is 24.3 Å². The number of amides is 1. The molecular weight excluding hydrogens is 494 g/mol. The van der Waals surface area contributed by atoms with Gasteiger partial charge >= 0.3 is 5.69 Å². The number of nitrogens with zero attached hydrogens (tertiary/aromatic N) is 6. The number of carbonyl (C=O) groups is 1. The van der Waals surface area contributed by atoms with Gasteiger partial charge in [-0.2, -0.15) is 0 Å². The normalized spacial score (nSPS) is 17.9.